The van der Waals surface area contributed by atoms with E-state index in [1.807, 2.05) is 0 Å². The molecule has 2 rings (SSSR count). The number of aromatic carboxylic acids is 1. The lowest BCUT2D eigenvalue weighted by molar-refractivity contribution is 0.0702. The fraction of sp³-hybridized carbons (Fsp3) is 0.0909. The Kier molecular flexibility index (Phi) is 3.33. The highest BCUT2D eigenvalue weighted by Crippen LogP contribution is 2.15. The van der Waals surface area contributed by atoms with Gasteiger partial charge in [0.05, 0.1) is 11.9 Å². The second-order valence-corrected chi connectivity index (χ2v) is 4.40. The maximum absolute atomic E-state index is 11.8. The number of carbonyl (C=O) groups excluding carboxylic acids is 1. The largest absolute Gasteiger partial charge is 0.477 e. The first kappa shape index (κ1) is 12.2. The molecule has 0 aromatic carbocycles. The van der Waals surface area contributed by atoms with E-state index in [1.54, 1.807) is 13.1 Å². The summed E-state index contributed by atoms with van der Waals surface area (Å²) in [5.74, 6) is -1.28. The molecule has 0 spiro atoms. The number of carboxylic acid groups (broad SMARTS) is 1. The van der Waals surface area contributed by atoms with Crippen molar-refractivity contribution in [3.8, 4) is 0 Å². The summed E-state index contributed by atoms with van der Waals surface area (Å²) in [6, 6.07) is 1.36. The zero-order valence-corrected chi connectivity index (χ0v) is 10.2. The molecule has 0 aliphatic carbocycles. The summed E-state index contributed by atoms with van der Waals surface area (Å²) >= 11 is 1.03. The summed E-state index contributed by atoms with van der Waals surface area (Å²) in [4.78, 5) is 22.6. The zero-order chi connectivity index (χ0) is 13.1. The van der Waals surface area contributed by atoms with Crippen molar-refractivity contribution in [2.24, 2.45) is 7.05 Å². The fourth-order valence-electron chi connectivity index (χ4n) is 1.28. The summed E-state index contributed by atoms with van der Waals surface area (Å²) in [5, 5.41) is 17.7. The average molecular weight is 263 g/mol. The Morgan fingerprint density at radius 3 is 2.83 bits per heavy atom. The van der Waals surface area contributed by atoms with Gasteiger partial charge < -0.3 is 5.11 Å². The first-order valence-electron chi connectivity index (χ1n) is 4.97. The third-order valence-electron chi connectivity index (χ3n) is 2.25. The number of rotatable bonds is 4. The molecule has 2 heterocycles. The number of ketones is 1. The van der Waals surface area contributed by atoms with Gasteiger partial charge in [-0.3, -0.25) is 4.79 Å². The van der Waals surface area contributed by atoms with Gasteiger partial charge in [0.1, 0.15) is 4.88 Å². The van der Waals surface area contributed by atoms with Crippen LogP contribution in [0.2, 0.25) is 0 Å². The van der Waals surface area contributed by atoms with Crippen LogP contribution in [-0.2, 0) is 7.05 Å². The van der Waals surface area contributed by atoms with Crippen LogP contribution in [0, 0.1) is 0 Å². The summed E-state index contributed by atoms with van der Waals surface area (Å²) in [7, 11) is 1.71. The normalized spacial score (nSPS) is 10.9. The Bertz CT molecular complexity index is 627. The predicted octanol–water partition coefficient (Wildman–Crippen LogP) is 1.47. The third-order valence-corrected chi connectivity index (χ3v) is 3.17. The van der Waals surface area contributed by atoms with Crippen molar-refractivity contribution < 1.29 is 14.7 Å². The monoisotopic (exact) mass is 263 g/mol. The Balaban J connectivity index is 2.14. The highest BCUT2D eigenvalue weighted by atomic mass is 32.1. The maximum atomic E-state index is 11.8. The van der Waals surface area contributed by atoms with E-state index in [-0.39, 0.29) is 10.7 Å². The fourth-order valence-corrected chi connectivity index (χ4v) is 2.02. The van der Waals surface area contributed by atoms with Gasteiger partial charge in [-0.1, -0.05) is 5.21 Å². The van der Waals surface area contributed by atoms with Crippen molar-refractivity contribution in [1.29, 1.82) is 0 Å². The minimum atomic E-state index is -1.03. The molecule has 0 amide bonds. The molecule has 0 aliphatic heterocycles. The molecule has 0 bridgehead atoms. The number of carbonyl (C=O) groups is 2. The van der Waals surface area contributed by atoms with Crippen molar-refractivity contribution in [3.63, 3.8) is 0 Å². The Morgan fingerprint density at radius 2 is 2.28 bits per heavy atom. The van der Waals surface area contributed by atoms with Crippen LogP contribution in [0.4, 0.5) is 0 Å². The molecule has 2 aromatic heterocycles. The molecular formula is C11H9N3O3S. The molecule has 6 nitrogen and oxygen atoms in total. The first-order valence-corrected chi connectivity index (χ1v) is 5.85. The van der Waals surface area contributed by atoms with E-state index in [4.69, 9.17) is 5.11 Å². The second-order valence-electron chi connectivity index (χ2n) is 3.48. The molecule has 0 aliphatic rings. The van der Waals surface area contributed by atoms with Crippen LogP contribution >= 0.6 is 11.3 Å². The summed E-state index contributed by atoms with van der Waals surface area (Å²) < 4.78 is 1.53. The molecule has 0 radical (unpaired) electrons. The maximum Gasteiger partial charge on any atom is 0.345 e. The topological polar surface area (TPSA) is 85.1 Å². The lowest BCUT2D eigenvalue weighted by atomic mass is 10.2. The first-order chi connectivity index (χ1) is 8.58. The van der Waals surface area contributed by atoms with E-state index in [0.29, 0.717) is 11.3 Å². The Morgan fingerprint density at radius 1 is 1.50 bits per heavy atom. The van der Waals surface area contributed by atoms with E-state index in [2.05, 4.69) is 10.3 Å². The van der Waals surface area contributed by atoms with E-state index in [9.17, 15) is 9.59 Å². The summed E-state index contributed by atoms with van der Waals surface area (Å²) in [6.07, 6.45) is 4.48. The third kappa shape index (κ3) is 2.51. The average Bonchev–Trinajstić information content (AvgIpc) is 2.94. The summed E-state index contributed by atoms with van der Waals surface area (Å²) in [5.41, 5.74) is 1.06. The molecule has 7 heteroatoms. The Labute approximate surface area is 106 Å². The number of carboxylic acids is 1. The van der Waals surface area contributed by atoms with Gasteiger partial charge in [-0.15, -0.1) is 16.4 Å². The van der Waals surface area contributed by atoms with Crippen molar-refractivity contribution in [3.05, 3.63) is 39.9 Å². The molecule has 0 fully saturated rings. The van der Waals surface area contributed by atoms with Crippen molar-refractivity contribution >= 4 is 29.2 Å². The molecule has 0 saturated heterocycles. The van der Waals surface area contributed by atoms with Gasteiger partial charge in [-0.25, -0.2) is 9.48 Å². The van der Waals surface area contributed by atoms with Crippen LogP contribution < -0.4 is 0 Å². The number of hydrogen-bond donors (Lipinski definition) is 1. The molecule has 0 atom stereocenters. The highest BCUT2D eigenvalue weighted by Gasteiger charge is 2.10. The van der Waals surface area contributed by atoms with Crippen LogP contribution in [0.25, 0.3) is 6.08 Å². The van der Waals surface area contributed by atoms with Crippen molar-refractivity contribution in [2.45, 2.75) is 0 Å². The number of nitrogens with zero attached hydrogens (tertiary/aromatic N) is 3. The SMILES string of the molecule is Cn1nncc1/C=C/C(=O)c1csc(C(=O)O)c1. The van der Waals surface area contributed by atoms with Crippen LogP contribution in [0.3, 0.4) is 0 Å². The molecule has 1 N–H and O–H groups in total. The summed E-state index contributed by atoms with van der Waals surface area (Å²) in [6.45, 7) is 0. The second kappa shape index (κ2) is 4.92. The molecule has 0 saturated carbocycles. The van der Waals surface area contributed by atoms with E-state index < -0.39 is 5.97 Å². The van der Waals surface area contributed by atoms with Gasteiger partial charge in [0.25, 0.3) is 0 Å². The van der Waals surface area contributed by atoms with Gasteiger partial charge >= 0.3 is 5.97 Å². The van der Waals surface area contributed by atoms with Crippen molar-refractivity contribution in [1.82, 2.24) is 15.0 Å². The lowest BCUT2D eigenvalue weighted by Gasteiger charge is -1.91. The van der Waals surface area contributed by atoms with Crippen LogP contribution in [-0.4, -0.2) is 31.9 Å². The molecule has 2 aromatic rings. The number of aromatic nitrogens is 3. The van der Waals surface area contributed by atoms with Gasteiger partial charge in [0.15, 0.2) is 5.78 Å². The molecule has 0 unspecified atom stereocenters. The lowest BCUT2D eigenvalue weighted by Crippen LogP contribution is -1.96. The minimum absolute atomic E-state index is 0.147. The number of hydrogen-bond acceptors (Lipinski definition) is 5. The number of thiophene rings is 1. The van der Waals surface area contributed by atoms with E-state index in [0.717, 1.165) is 11.3 Å². The predicted molar refractivity (Wildman–Crippen MR) is 65.6 cm³/mol. The van der Waals surface area contributed by atoms with E-state index in [1.165, 1.54) is 28.4 Å². The minimum Gasteiger partial charge on any atom is -0.477 e. The molecule has 92 valence electrons. The number of aryl methyl sites for hydroxylation is 1. The van der Waals surface area contributed by atoms with Crippen LogP contribution in [0.15, 0.2) is 23.7 Å². The molecule has 18 heavy (non-hydrogen) atoms. The highest BCUT2D eigenvalue weighted by molar-refractivity contribution is 7.12. The van der Waals surface area contributed by atoms with Gasteiger partial charge in [0.2, 0.25) is 0 Å². The van der Waals surface area contributed by atoms with Crippen LogP contribution in [0.5, 0.6) is 0 Å². The van der Waals surface area contributed by atoms with E-state index >= 15 is 0 Å². The standard InChI is InChI=1S/C11H9N3O3S/c1-14-8(5-12-13-14)2-3-9(15)7-4-10(11(16)17)18-6-7/h2-6H,1H3,(H,16,17)/b3-2+. The quantitative estimate of drug-likeness (QED) is 0.667. The Hall–Kier alpha value is -2.28. The number of allylic oxidation sites excluding steroid dienone is 1. The van der Waals surface area contributed by atoms with Gasteiger partial charge in [-0.2, -0.15) is 0 Å². The van der Waals surface area contributed by atoms with Gasteiger partial charge in [0, 0.05) is 18.0 Å². The smallest absolute Gasteiger partial charge is 0.345 e. The van der Waals surface area contributed by atoms with Crippen LogP contribution in [0.1, 0.15) is 25.7 Å². The zero-order valence-electron chi connectivity index (χ0n) is 9.40. The molecular weight excluding hydrogens is 254 g/mol. The van der Waals surface area contributed by atoms with Crippen molar-refractivity contribution in [2.75, 3.05) is 0 Å². The van der Waals surface area contributed by atoms with Gasteiger partial charge in [-0.05, 0) is 18.2 Å².